The Morgan fingerprint density at radius 3 is 1.87 bits per heavy atom. The van der Waals surface area contributed by atoms with Crippen molar-refractivity contribution in [3.05, 3.63) is 95.6 Å². The highest BCUT2D eigenvalue weighted by Gasteiger charge is 2.47. The number of benzene rings is 3. The van der Waals surface area contributed by atoms with Crippen molar-refractivity contribution >= 4 is 56.9 Å². The lowest BCUT2D eigenvalue weighted by atomic mass is 9.67. The number of esters is 1. The van der Waals surface area contributed by atoms with E-state index >= 15 is 0 Å². The molecule has 1 unspecified atom stereocenters. The van der Waals surface area contributed by atoms with Crippen molar-refractivity contribution in [3.8, 4) is 11.5 Å². The quantitative estimate of drug-likeness (QED) is 0.0628. The van der Waals surface area contributed by atoms with Gasteiger partial charge < -0.3 is 14.2 Å². The number of hydrogen-bond acceptors (Lipinski definition) is 5. The van der Waals surface area contributed by atoms with Crippen molar-refractivity contribution in [2.24, 2.45) is 0 Å². The zero-order valence-electron chi connectivity index (χ0n) is 20.8. The van der Waals surface area contributed by atoms with Crippen LogP contribution in [0.2, 0.25) is 0 Å². The molecule has 208 valence electrons. The molecule has 0 aliphatic heterocycles. The molecule has 11 heteroatoms. The number of carbonyl (C=O) groups excluding carboxylic acids is 2. The largest absolute Gasteiger partial charge is 0.460 e. The lowest BCUT2D eigenvalue weighted by molar-refractivity contribution is -0.159. The minimum atomic E-state index is -3.52. The highest BCUT2D eigenvalue weighted by atomic mass is 127. The average molecular weight is 770 g/mol. The van der Waals surface area contributed by atoms with Crippen LogP contribution < -0.4 is 9.47 Å². The monoisotopic (exact) mass is 770 g/mol. The van der Waals surface area contributed by atoms with Crippen molar-refractivity contribution in [1.29, 1.82) is 0 Å². The molecule has 0 fully saturated rings. The van der Waals surface area contributed by atoms with Gasteiger partial charge >= 0.3 is 16.2 Å². The summed E-state index contributed by atoms with van der Waals surface area (Å²) in [7, 11) is 0. The van der Waals surface area contributed by atoms with Crippen LogP contribution in [-0.2, 0) is 26.2 Å². The van der Waals surface area contributed by atoms with E-state index < -0.39 is 31.3 Å². The van der Waals surface area contributed by atoms with Gasteiger partial charge in [-0.25, -0.2) is 4.79 Å². The first-order valence-electron chi connectivity index (χ1n) is 11.7. The fraction of sp³-hybridized carbons (Fsp3) is 0.286. The summed E-state index contributed by atoms with van der Waals surface area (Å²) in [6, 6.07) is 20.5. The number of rotatable bonds is 12. The third-order valence-electron chi connectivity index (χ3n) is 5.69. The minimum Gasteiger partial charge on any atom is -0.460 e. The van der Waals surface area contributed by atoms with Gasteiger partial charge in [0.2, 0.25) is 0 Å². The van der Waals surface area contributed by atoms with E-state index in [4.69, 9.17) is 14.2 Å². The Labute approximate surface area is 250 Å². The van der Waals surface area contributed by atoms with Crippen LogP contribution in [0.4, 0.5) is 17.6 Å². The summed E-state index contributed by atoms with van der Waals surface area (Å²) in [5, 5.41) is 0. The normalized spacial score (nSPS) is 14.2. The van der Waals surface area contributed by atoms with Crippen molar-refractivity contribution in [2.45, 2.75) is 39.8 Å². The molecule has 0 saturated carbocycles. The van der Waals surface area contributed by atoms with Crippen LogP contribution >= 0.6 is 45.2 Å². The van der Waals surface area contributed by atoms with Gasteiger partial charge in [-0.05, 0) is 54.3 Å². The van der Waals surface area contributed by atoms with Gasteiger partial charge in [0.1, 0.15) is 11.5 Å². The molecule has 3 aromatic carbocycles. The van der Waals surface area contributed by atoms with Crippen LogP contribution in [0.3, 0.4) is 0 Å². The van der Waals surface area contributed by atoms with Crippen LogP contribution in [0.25, 0.3) is 0 Å². The van der Waals surface area contributed by atoms with Crippen LogP contribution in [-0.4, -0.2) is 32.5 Å². The third kappa shape index (κ3) is 8.29. The fourth-order valence-electron chi connectivity index (χ4n) is 4.22. The van der Waals surface area contributed by atoms with Crippen molar-refractivity contribution in [3.63, 3.8) is 0 Å². The molecule has 39 heavy (non-hydrogen) atoms. The van der Waals surface area contributed by atoms with Gasteiger partial charge in [0.05, 0.1) is 33.1 Å². The zero-order chi connectivity index (χ0) is 28.8. The maximum Gasteiger partial charge on any atom is 0.451 e. The topological polar surface area (TPSA) is 61.8 Å². The number of halogens is 6. The van der Waals surface area contributed by atoms with E-state index in [1.165, 1.54) is 36.4 Å². The number of hydrogen-bond donors (Lipinski definition) is 0. The second kappa shape index (κ2) is 12.8. The van der Waals surface area contributed by atoms with Gasteiger partial charge in [0.25, 0.3) is 5.78 Å². The molecule has 0 bridgehead atoms. The van der Waals surface area contributed by atoms with Crippen molar-refractivity contribution in [2.75, 3.05) is 6.61 Å². The molecule has 0 radical (unpaired) electrons. The fourth-order valence-corrected chi connectivity index (χ4v) is 5.66. The predicted molar refractivity (Wildman–Crippen MR) is 154 cm³/mol. The van der Waals surface area contributed by atoms with Crippen LogP contribution in [0.5, 0.6) is 11.5 Å². The van der Waals surface area contributed by atoms with Crippen LogP contribution in [0.15, 0.2) is 78.9 Å². The third-order valence-corrected chi connectivity index (χ3v) is 7.54. The molecule has 0 saturated heterocycles. The maximum atomic E-state index is 13.8. The van der Waals surface area contributed by atoms with E-state index in [1.807, 2.05) is 22.6 Å². The molecular formula is C28H24F4I2O5. The molecule has 2 atom stereocenters. The Kier molecular flexibility index (Phi) is 10.2. The smallest absolute Gasteiger partial charge is 0.451 e. The SMILES string of the molecule is CCOC(=O)C(=O)[C@H](I)C(Cc1ccccc1)(c1cccc(OC(C)(F)F)c1)c1cccc(OC(F)(F)I)c1. The van der Waals surface area contributed by atoms with Gasteiger partial charge in [-0.15, -0.1) is 0 Å². The molecule has 3 rings (SSSR count). The number of ketones is 1. The van der Waals surface area contributed by atoms with E-state index in [2.05, 4.69) is 0 Å². The molecule has 0 aromatic heterocycles. The van der Waals surface area contributed by atoms with E-state index in [0.717, 1.165) is 28.2 Å². The summed E-state index contributed by atoms with van der Waals surface area (Å²) >= 11 is 2.66. The molecule has 0 aliphatic carbocycles. The molecule has 0 heterocycles. The van der Waals surface area contributed by atoms with Crippen LogP contribution in [0.1, 0.15) is 30.5 Å². The Balaban J connectivity index is 2.34. The van der Waals surface area contributed by atoms with E-state index in [-0.39, 0.29) is 24.5 Å². The highest BCUT2D eigenvalue weighted by Crippen LogP contribution is 2.45. The molecule has 5 nitrogen and oxygen atoms in total. The second-order valence-corrected chi connectivity index (χ2v) is 11.1. The standard InChI is InChI=1S/C28H24F4I2O5/c1-3-37-25(36)23(35)24(33)27(17-18-9-5-4-6-10-18,19-11-7-13-21(15-19)38-26(2,29)30)20-12-8-14-22(16-20)39-28(31,32)34/h4-16,24H,3,17H2,1-2H3/t24-,27?/m0/s1. The predicted octanol–water partition coefficient (Wildman–Crippen LogP) is 7.51. The first kappa shape index (κ1) is 31.1. The van der Waals surface area contributed by atoms with E-state index in [1.54, 1.807) is 49.4 Å². The lowest BCUT2D eigenvalue weighted by Crippen LogP contribution is -2.46. The van der Waals surface area contributed by atoms with Gasteiger partial charge in [0.15, 0.2) is 0 Å². The van der Waals surface area contributed by atoms with E-state index in [9.17, 15) is 27.2 Å². The molecule has 0 amide bonds. The lowest BCUT2D eigenvalue weighted by Gasteiger charge is -2.39. The van der Waals surface area contributed by atoms with Gasteiger partial charge in [0, 0.05) is 12.3 Å². The van der Waals surface area contributed by atoms with Gasteiger partial charge in [-0.3, -0.25) is 4.79 Å². The maximum absolute atomic E-state index is 13.8. The summed E-state index contributed by atoms with van der Waals surface area (Å²) in [4.78, 5) is 26.1. The van der Waals surface area contributed by atoms with E-state index in [0.29, 0.717) is 18.1 Å². The summed E-state index contributed by atoms with van der Waals surface area (Å²) < 4.78 is 64.9. The Morgan fingerprint density at radius 2 is 1.38 bits per heavy atom. The number of Topliss-reactive ketones (excluding diaryl/α,β-unsaturated/α-hetero) is 1. The van der Waals surface area contributed by atoms with Crippen LogP contribution in [0, 0.1) is 0 Å². The number of alkyl halides is 6. The summed E-state index contributed by atoms with van der Waals surface area (Å²) in [5.74, 6) is -2.33. The number of ether oxygens (including phenoxy) is 3. The molecule has 0 aliphatic rings. The first-order valence-corrected chi connectivity index (χ1v) is 14.0. The van der Waals surface area contributed by atoms with Gasteiger partial charge in [-0.2, -0.15) is 17.6 Å². The highest BCUT2D eigenvalue weighted by molar-refractivity contribution is 14.1. The Hall–Kier alpha value is -2.42. The Morgan fingerprint density at radius 1 is 0.846 bits per heavy atom. The number of carbonyl (C=O) groups is 2. The van der Waals surface area contributed by atoms with Crippen molar-refractivity contribution in [1.82, 2.24) is 0 Å². The first-order chi connectivity index (χ1) is 18.2. The minimum absolute atomic E-state index is 0.0391. The molecule has 0 spiro atoms. The second-order valence-electron chi connectivity index (χ2n) is 8.59. The summed E-state index contributed by atoms with van der Waals surface area (Å²) in [5.41, 5.74) is -0.0346. The molecule has 0 N–H and O–H groups in total. The zero-order valence-corrected chi connectivity index (χ0v) is 25.1. The summed E-state index contributed by atoms with van der Waals surface area (Å²) in [6.07, 6.45) is -3.41. The van der Waals surface area contributed by atoms with Crippen molar-refractivity contribution < 1.29 is 41.4 Å². The molecule has 3 aromatic rings. The van der Waals surface area contributed by atoms with Gasteiger partial charge in [-0.1, -0.05) is 77.2 Å². The average Bonchev–Trinajstić information content (AvgIpc) is 2.85. The summed E-state index contributed by atoms with van der Waals surface area (Å²) in [6.45, 7) is 2.11. The molecular weight excluding hydrogens is 746 g/mol. The Bertz CT molecular complexity index is 1230.